The van der Waals surface area contributed by atoms with E-state index >= 15 is 0 Å². The van der Waals surface area contributed by atoms with Crippen LogP contribution in [0.25, 0.3) is 21.8 Å². The Labute approximate surface area is 195 Å². The molecule has 0 amide bonds. The van der Waals surface area contributed by atoms with Crippen LogP contribution >= 0.6 is 22.9 Å². The first-order valence-electron chi connectivity index (χ1n) is 10.4. The zero-order valence-corrected chi connectivity index (χ0v) is 19.2. The maximum Gasteiger partial charge on any atom is 0.255 e. The molecule has 0 radical (unpaired) electrons. The fourth-order valence-corrected chi connectivity index (χ4v) is 5.15. The number of benzene rings is 2. The molecule has 32 heavy (non-hydrogen) atoms. The number of halogens is 1. The van der Waals surface area contributed by atoms with Gasteiger partial charge in [0.05, 0.1) is 18.4 Å². The van der Waals surface area contributed by atoms with Crippen LogP contribution in [0, 0.1) is 0 Å². The van der Waals surface area contributed by atoms with Crippen LogP contribution in [0.5, 0.6) is 5.75 Å². The van der Waals surface area contributed by atoms with E-state index in [0.29, 0.717) is 17.4 Å². The van der Waals surface area contributed by atoms with Crippen molar-refractivity contribution in [2.45, 2.75) is 19.5 Å². The molecular formula is C25H22ClN3O2S. The molecule has 4 aromatic rings. The second kappa shape index (κ2) is 8.90. The predicted molar refractivity (Wildman–Crippen MR) is 129 cm³/mol. The van der Waals surface area contributed by atoms with E-state index < -0.39 is 0 Å². The number of nitrogens with zero attached hydrogens (tertiary/aromatic N) is 2. The zero-order chi connectivity index (χ0) is 22.1. The topological polar surface area (TPSA) is 58.2 Å². The van der Waals surface area contributed by atoms with E-state index in [1.54, 1.807) is 30.6 Å². The SMILES string of the molecule is COc1cccc(-c2ccc(CN3CCc4nc(-c5ccc(Cl)cc5)[nH]c(=O)c4C3)s2)c1. The monoisotopic (exact) mass is 463 g/mol. The Morgan fingerprint density at radius 1 is 1.12 bits per heavy atom. The summed E-state index contributed by atoms with van der Waals surface area (Å²) in [6.45, 7) is 2.29. The van der Waals surface area contributed by atoms with Crippen LogP contribution in [-0.4, -0.2) is 28.5 Å². The molecule has 3 heterocycles. The summed E-state index contributed by atoms with van der Waals surface area (Å²) in [5.41, 5.74) is 3.60. The van der Waals surface area contributed by atoms with Gasteiger partial charge < -0.3 is 9.72 Å². The van der Waals surface area contributed by atoms with E-state index in [1.165, 1.54) is 9.75 Å². The van der Waals surface area contributed by atoms with Crippen LogP contribution < -0.4 is 10.3 Å². The van der Waals surface area contributed by atoms with E-state index in [9.17, 15) is 4.79 Å². The third-order valence-corrected chi connectivity index (χ3v) is 7.03. The number of methoxy groups -OCH3 is 1. The van der Waals surface area contributed by atoms with Crippen molar-refractivity contribution in [1.29, 1.82) is 0 Å². The van der Waals surface area contributed by atoms with Crippen molar-refractivity contribution in [1.82, 2.24) is 14.9 Å². The highest BCUT2D eigenvalue weighted by atomic mass is 35.5. The Balaban J connectivity index is 1.32. The molecule has 5 rings (SSSR count). The largest absolute Gasteiger partial charge is 0.497 e. The second-order valence-electron chi connectivity index (χ2n) is 7.81. The molecule has 2 aromatic carbocycles. The van der Waals surface area contributed by atoms with E-state index in [0.717, 1.165) is 47.6 Å². The third-order valence-electron chi connectivity index (χ3n) is 5.66. The molecule has 0 saturated carbocycles. The van der Waals surface area contributed by atoms with Gasteiger partial charge in [0.15, 0.2) is 0 Å². The Kier molecular flexibility index (Phi) is 5.83. The van der Waals surface area contributed by atoms with Crippen LogP contribution in [0.1, 0.15) is 16.1 Å². The summed E-state index contributed by atoms with van der Waals surface area (Å²) in [6, 6.07) is 19.8. The number of ether oxygens (including phenoxy) is 1. The molecule has 0 bridgehead atoms. The molecule has 1 N–H and O–H groups in total. The highest BCUT2D eigenvalue weighted by Crippen LogP contribution is 2.31. The lowest BCUT2D eigenvalue weighted by Gasteiger charge is -2.27. The van der Waals surface area contributed by atoms with Crippen molar-refractivity contribution in [2.24, 2.45) is 0 Å². The molecule has 2 aromatic heterocycles. The molecule has 0 fully saturated rings. The van der Waals surface area contributed by atoms with E-state index in [2.05, 4.69) is 34.1 Å². The maximum absolute atomic E-state index is 12.8. The highest BCUT2D eigenvalue weighted by Gasteiger charge is 2.22. The van der Waals surface area contributed by atoms with Gasteiger partial charge in [0.1, 0.15) is 11.6 Å². The lowest BCUT2D eigenvalue weighted by molar-refractivity contribution is 0.244. The number of nitrogens with one attached hydrogen (secondary N) is 1. The van der Waals surface area contributed by atoms with Crippen LogP contribution in [0.15, 0.2) is 65.5 Å². The first-order valence-corrected chi connectivity index (χ1v) is 11.6. The molecule has 162 valence electrons. The number of rotatable bonds is 5. The quantitative estimate of drug-likeness (QED) is 0.431. The Bertz CT molecular complexity index is 1310. The molecule has 1 aliphatic rings. The van der Waals surface area contributed by atoms with Crippen molar-refractivity contribution >= 4 is 22.9 Å². The van der Waals surface area contributed by atoms with Crippen molar-refractivity contribution in [3.63, 3.8) is 0 Å². The average molecular weight is 464 g/mol. The van der Waals surface area contributed by atoms with Crippen molar-refractivity contribution in [3.05, 3.63) is 92.2 Å². The van der Waals surface area contributed by atoms with Gasteiger partial charge >= 0.3 is 0 Å². The molecule has 0 aliphatic carbocycles. The predicted octanol–water partition coefficient (Wildman–Crippen LogP) is 5.39. The summed E-state index contributed by atoms with van der Waals surface area (Å²) in [5, 5.41) is 0.660. The number of aromatic nitrogens is 2. The Morgan fingerprint density at radius 3 is 2.78 bits per heavy atom. The average Bonchev–Trinajstić information content (AvgIpc) is 3.28. The smallest absolute Gasteiger partial charge is 0.255 e. The van der Waals surface area contributed by atoms with Crippen LogP contribution in [0.4, 0.5) is 0 Å². The van der Waals surface area contributed by atoms with E-state index in [4.69, 9.17) is 21.3 Å². The van der Waals surface area contributed by atoms with Crippen LogP contribution in [0.3, 0.4) is 0 Å². The first kappa shape index (κ1) is 20.9. The van der Waals surface area contributed by atoms with Crippen LogP contribution in [-0.2, 0) is 19.5 Å². The maximum atomic E-state index is 12.8. The number of hydrogen-bond acceptors (Lipinski definition) is 5. The number of H-pyrrole nitrogens is 1. The van der Waals surface area contributed by atoms with Gasteiger partial charge in [-0.1, -0.05) is 23.7 Å². The van der Waals surface area contributed by atoms with Gasteiger partial charge in [-0.05, 0) is 54.1 Å². The summed E-state index contributed by atoms with van der Waals surface area (Å²) < 4.78 is 5.34. The Hall–Kier alpha value is -2.93. The number of fused-ring (bicyclic) bond motifs is 1. The molecule has 0 saturated heterocycles. The van der Waals surface area contributed by atoms with Gasteiger partial charge in [0.25, 0.3) is 5.56 Å². The van der Waals surface area contributed by atoms with Gasteiger partial charge in [0.2, 0.25) is 0 Å². The molecule has 0 unspecified atom stereocenters. The second-order valence-corrected chi connectivity index (χ2v) is 9.41. The van der Waals surface area contributed by atoms with Gasteiger partial charge in [0, 0.05) is 46.4 Å². The third kappa shape index (κ3) is 4.35. The number of aromatic amines is 1. The molecular weight excluding hydrogens is 442 g/mol. The van der Waals surface area contributed by atoms with Gasteiger partial charge in [-0.3, -0.25) is 9.69 Å². The minimum atomic E-state index is -0.0621. The summed E-state index contributed by atoms with van der Waals surface area (Å²) >= 11 is 7.75. The van der Waals surface area contributed by atoms with Gasteiger partial charge in [-0.25, -0.2) is 4.98 Å². The lowest BCUT2D eigenvalue weighted by atomic mass is 10.1. The van der Waals surface area contributed by atoms with Crippen molar-refractivity contribution in [3.8, 4) is 27.6 Å². The fraction of sp³-hybridized carbons (Fsp3) is 0.200. The van der Waals surface area contributed by atoms with Gasteiger partial charge in [-0.2, -0.15) is 0 Å². The standard InChI is InChI=1S/C25H22ClN3O2S/c1-31-19-4-2-3-17(13-19)23-10-9-20(32-23)14-29-12-11-22-21(15-29)25(30)28-24(27-22)16-5-7-18(26)8-6-16/h2-10,13H,11-12,14-15H2,1H3,(H,27,28,30). The van der Waals surface area contributed by atoms with Gasteiger partial charge in [-0.15, -0.1) is 11.3 Å². The summed E-state index contributed by atoms with van der Waals surface area (Å²) in [7, 11) is 1.68. The first-order chi connectivity index (χ1) is 15.6. The zero-order valence-electron chi connectivity index (χ0n) is 17.6. The Morgan fingerprint density at radius 2 is 1.97 bits per heavy atom. The number of thiophene rings is 1. The molecule has 5 nitrogen and oxygen atoms in total. The fourth-order valence-electron chi connectivity index (χ4n) is 3.98. The van der Waals surface area contributed by atoms with Crippen molar-refractivity contribution in [2.75, 3.05) is 13.7 Å². The lowest BCUT2D eigenvalue weighted by Crippen LogP contribution is -2.35. The molecule has 0 spiro atoms. The number of hydrogen-bond donors (Lipinski definition) is 1. The normalized spacial score (nSPS) is 13.7. The summed E-state index contributed by atoms with van der Waals surface area (Å²) in [4.78, 5) is 25.3. The summed E-state index contributed by atoms with van der Waals surface area (Å²) in [5.74, 6) is 1.45. The van der Waals surface area contributed by atoms with Crippen LogP contribution in [0.2, 0.25) is 5.02 Å². The minimum absolute atomic E-state index is 0.0621. The van der Waals surface area contributed by atoms with Crippen molar-refractivity contribution < 1.29 is 4.74 Å². The molecule has 0 atom stereocenters. The summed E-state index contributed by atoms with van der Waals surface area (Å²) in [6.07, 6.45) is 0.758. The van der Waals surface area contributed by atoms with E-state index in [1.807, 2.05) is 24.3 Å². The highest BCUT2D eigenvalue weighted by molar-refractivity contribution is 7.15. The minimum Gasteiger partial charge on any atom is -0.497 e. The molecule has 7 heteroatoms. The van der Waals surface area contributed by atoms with E-state index in [-0.39, 0.29) is 5.56 Å². The molecule has 1 aliphatic heterocycles.